The zero-order valence-electron chi connectivity index (χ0n) is 14.5. The highest BCUT2D eigenvalue weighted by Crippen LogP contribution is 2.39. The number of fused-ring (bicyclic) bond motifs is 1. The summed E-state index contributed by atoms with van der Waals surface area (Å²) < 4.78 is 22.5. The minimum atomic E-state index is -1.97. The van der Waals surface area contributed by atoms with Crippen LogP contribution in [0.25, 0.3) is 0 Å². The number of hydrogen-bond donors (Lipinski definition) is 1. The van der Waals surface area contributed by atoms with Gasteiger partial charge in [-0.15, -0.1) is 0 Å². The number of hydrogen-bond acceptors (Lipinski definition) is 6. The van der Waals surface area contributed by atoms with E-state index in [1.807, 2.05) is 0 Å². The fourth-order valence-corrected chi connectivity index (χ4v) is 3.40. The van der Waals surface area contributed by atoms with Crippen molar-refractivity contribution < 1.29 is 28.5 Å². The van der Waals surface area contributed by atoms with E-state index in [-0.39, 0.29) is 11.6 Å². The molecule has 0 amide bonds. The first kappa shape index (κ1) is 17.9. The van der Waals surface area contributed by atoms with Gasteiger partial charge in [0.25, 0.3) is 0 Å². The van der Waals surface area contributed by atoms with E-state index in [4.69, 9.17) is 18.6 Å². The van der Waals surface area contributed by atoms with Gasteiger partial charge in [0.15, 0.2) is 26.3 Å². The molecule has 2 aliphatic rings. The van der Waals surface area contributed by atoms with Crippen LogP contribution in [0.15, 0.2) is 0 Å². The Morgan fingerprint density at radius 1 is 1.32 bits per heavy atom. The number of cyclic esters (lactones) is 1. The summed E-state index contributed by atoms with van der Waals surface area (Å²) in [6.45, 7) is 14.2. The van der Waals surface area contributed by atoms with Gasteiger partial charge in [0.05, 0.1) is 6.61 Å². The lowest BCUT2D eigenvalue weighted by Crippen LogP contribution is -2.46. The van der Waals surface area contributed by atoms with E-state index in [2.05, 4.69) is 33.9 Å². The minimum Gasteiger partial charge on any atom is -0.455 e. The Labute approximate surface area is 133 Å². The van der Waals surface area contributed by atoms with Gasteiger partial charge in [0.2, 0.25) is 0 Å². The topological polar surface area (TPSA) is 74.2 Å². The summed E-state index contributed by atoms with van der Waals surface area (Å²) >= 11 is 0. The van der Waals surface area contributed by atoms with Crippen molar-refractivity contribution >= 4 is 14.3 Å². The van der Waals surface area contributed by atoms with Crippen molar-refractivity contribution in [2.75, 3.05) is 6.61 Å². The SMILES string of the molecule is CC1(C)O[C@H]2[C@@H]([C@H](O)CO[Si](C)(C)C(C)(C)C)OC(=O)[C@H]2O1. The summed E-state index contributed by atoms with van der Waals surface area (Å²) in [5, 5.41) is 10.4. The lowest BCUT2D eigenvalue weighted by molar-refractivity contribution is -0.194. The smallest absolute Gasteiger partial charge is 0.338 e. The minimum absolute atomic E-state index is 0.0522. The number of rotatable bonds is 4. The normalized spacial score (nSPS) is 32.7. The molecule has 2 rings (SSSR count). The lowest BCUT2D eigenvalue weighted by atomic mass is 10.1. The molecule has 0 radical (unpaired) electrons. The van der Waals surface area contributed by atoms with Crippen LogP contribution in [0.4, 0.5) is 0 Å². The van der Waals surface area contributed by atoms with Crippen molar-refractivity contribution in [3.05, 3.63) is 0 Å². The average molecular weight is 332 g/mol. The Hall–Kier alpha value is -0.473. The van der Waals surface area contributed by atoms with E-state index in [1.54, 1.807) is 13.8 Å². The van der Waals surface area contributed by atoms with Crippen LogP contribution in [0, 0.1) is 0 Å². The highest BCUT2D eigenvalue weighted by molar-refractivity contribution is 6.74. The second kappa shape index (κ2) is 5.56. The molecule has 0 spiro atoms. The van der Waals surface area contributed by atoms with Crippen LogP contribution in [-0.4, -0.2) is 56.2 Å². The largest absolute Gasteiger partial charge is 0.455 e. The summed E-state index contributed by atoms with van der Waals surface area (Å²) in [4.78, 5) is 11.8. The van der Waals surface area contributed by atoms with E-state index in [9.17, 15) is 9.90 Å². The monoisotopic (exact) mass is 332 g/mol. The number of carbonyl (C=O) groups excluding carboxylic acids is 1. The van der Waals surface area contributed by atoms with Crippen LogP contribution in [-0.2, 0) is 23.4 Å². The van der Waals surface area contributed by atoms with Gasteiger partial charge >= 0.3 is 5.97 Å². The van der Waals surface area contributed by atoms with E-state index in [0.717, 1.165) is 0 Å². The number of ether oxygens (including phenoxy) is 3. The Morgan fingerprint density at radius 2 is 1.91 bits per heavy atom. The van der Waals surface area contributed by atoms with Crippen LogP contribution in [0.1, 0.15) is 34.6 Å². The number of aliphatic hydroxyl groups excluding tert-OH is 1. The van der Waals surface area contributed by atoms with Crippen LogP contribution < -0.4 is 0 Å². The Morgan fingerprint density at radius 3 is 2.45 bits per heavy atom. The molecule has 128 valence electrons. The maximum atomic E-state index is 11.8. The molecule has 0 aromatic carbocycles. The first-order valence-corrected chi connectivity index (χ1v) is 10.6. The van der Waals surface area contributed by atoms with Gasteiger partial charge in [-0.2, -0.15) is 0 Å². The highest BCUT2D eigenvalue weighted by atomic mass is 28.4. The predicted molar refractivity (Wildman–Crippen MR) is 82.9 cm³/mol. The molecule has 2 fully saturated rings. The van der Waals surface area contributed by atoms with E-state index >= 15 is 0 Å². The third-order valence-electron chi connectivity index (χ3n) is 4.74. The second-order valence-corrected chi connectivity index (χ2v) is 12.9. The van der Waals surface area contributed by atoms with E-state index in [0.29, 0.717) is 0 Å². The molecule has 0 aromatic heterocycles. The summed E-state index contributed by atoms with van der Waals surface area (Å²) in [6, 6.07) is 0. The molecule has 2 aliphatic heterocycles. The summed E-state index contributed by atoms with van der Waals surface area (Å²) in [7, 11) is -1.97. The average Bonchev–Trinajstić information content (AvgIpc) is 2.80. The van der Waals surface area contributed by atoms with Gasteiger partial charge in [-0.25, -0.2) is 4.79 Å². The molecule has 0 aromatic rings. The Bertz CT molecular complexity index is 442. The summed E-state index contributed by atoms with van der Waals surface area (Å²) in [5.41, 5.74) is 0. The number of aliphatic hydroxyl groups is 1. The molecular formula is C15H28O6Si. The molecule has 4 atom stereocenters. The van der Waals surface area contributed by atoms with Crippen molar-refractivity contribution in [1.29, 1.82) is 0 Å². The van der Waals surface area contributed by atoms with Gasteiger partial charge < -0.3 is 23.7 Å². The van der Waals surface area contributed by atoms with Crippen LogP contribution >= 0.6 is 0 Å². The molecule has 0 saturated carbocycles. The third kappa shape index (κ3) is 3.38. The quantitative estimate of drug-likeness (QED) is 0.625. The molecule has 0 aliphatic carbocycles. The highest BCUT2D eigenvalue weighted by Gasteiger charge is 2.58. The van der Waals surface area contributed by atoms with Crippen molar-refractivity contribution in [2.24, 2.45) is 0 Å². The molecular weight excluding hydrogens is 304 g/mol. The first-order chi connectivity index (χ1) is 9.84. The van der Waals surface area contributed by atoms with Crippen molar-refractivity contribution in [1.82, 2.24) is 0 Å². The fraction of sp³-hybridized carbons (Fsp3) is 0.933. The van der Waals surface area contributed by atoms with Crippen LogP contribution in [0.2, 0.25) is 18.1 Å². The van der Waals surface area contributed by atoms with Gasteiger partial charge in [0, 0.05) is 0 Å². The predicted octanol–water partition coefficient (Wildman–Crippen LogP) is 1.81. The molecule has 1 N–H and O–H groups in total. The molecule has 7 heteroatoms. The van der Waals surface area contributed by atoms with E-state index < -0.39 is 44.5 Å². The van der Waals surface area contributed by atoms with Gasteiger partial charge in [-0.05, 0) is 32.0 Å². The second-order valence-electron chi connectivity index (χ2n) is 8.06. The number of esters is 1. The third-order valence-corrected chi connectivity index (χ3v) is 9.24. The van der Waals surface area contributed by atoms with Gasteiger partial charge in [0.1, 0.15) is 12.2 Å². The molecule has 0 bridgehead atoms. The van der Waals surface area contributed by atoms with Gasteiger partial charge in [-0.3, -0.25) is 0 Å². The Kier molecular flexibility index (Phi) is 4.52. The molecule has 2 heterocycles. The molecule has 22 heavy (non-hydrogen) atoms. The van der Waals surface area contributed by atoms with Crippen LogP contribution in [0.5, 0.6) is 0 Å². The zero-order valence-corrected chi connectivity index (χ0v) is 15.5. The summed E-state index contributed by atoms with van der Waals surface area (Å²) in [6.07, 6.45) is -3.02. The van der Waals surface area contributed by atoms with Gasteiger partial charge in [-0.1, -0.05) is 20.8 Å². The van der Waals surface area contributed by atoms with E-state index in [1.165, 1.54) is 0 Å². The molecule has 6 nitrogen and oxygen atoms in total. The summed E-state index contributed by atoms with van der Waals surface area (Å²) in [5.74, 6) is -1.32. The first-order valence-electron chi connectivity index (χ1n) is 7.72. The number of carbonyl (C=O) groups is 1. The zero-order chi connectivity index (χ0) is 16.9. The fourth-order valence-electron chi connectivity index (χ4n) is 2.38. The lowest BCUT2D eigenvalue weighted by Gasteiger charge is -2.37. The van der Waals surface area contributed by atoms with Crippen molar-refractivity contribution in [3.8, 4) is 0 Å². The Balaban J connectivity index is 1.99. The van der Waals surface area contributed by atoms with Crippen molar-refractivity contribution in [2.45, 2.75) is 83.0 Å². The molecule has 2 saturated heterocycles. The maximum Gasteiger partial charge on any atom is 0.338 e. The standard InChI is InChI=1S/C15H28O6Si/c1-14(2,3)22(6,7)18-8-9(16)10-11-12(13(17)19-10)21-15(4,5)20-11/h9-12,16H,8H2,1-7H3/t9-,10-,11+,12+/m1/s1. The van der Waals surface area contributed by atoms with Crippen LogP contribution in [0.3, 0.4) is 0 Å². The molecule has 0 unspecified atom stereocenters. The van der Waals surface area contributed by atoms with Crippen molar-refractivity contribution in [3.63, 3.8) is 0 Å². The maximum absolute atomic E-state index is 11.8.